The van der Waals surface area contributed by atoms with Crippen LogP contribution in [0, 0.1) is 17.0 Å². The molecule has 2 N–H and O–H groups in total. The van der Waals surface area contributed by atoms with Crippen LogP contribution in [0.4, 0.5) is 11.4 Å². The highest BCUT2D eigenvalue weighted by Crippen LogP contribution is 2.30. The van der Waals surface area contributed by atoms with Gasteiger partial charge in [0, 0.05) is 18.7 Å². The van der Waals surface area contributed by atoms with Crippen LogP contribution in [-0.4, -0.2) is 26.3 Å². The van der Waals surface area contributed by atoms with Crippen molar-refractivity contribution in [3.8, 4) is 0 Å². The van der Waals surface area contributed by atoms with Gasteiger partial charge >= 0.3 is 0 Å². The number of sulfonamides is 1. The molecule has 0 aliphatic carbocycles. The number of nitro benzene ring substituents is 1. The molecule has 24 heavy (non-hydrogen) atoms. The number of hydrogen-bond acceptors (Lipinski definition) is 5. The van der Waals surface area contributed by atoms with Crippen molar-refractivity contribution in [1.29, 1.82) is 0 Å². The number of carbonyl (C=O) groups is 1. The second kappa shape index (κ2) is 6.28. The fourth-order valence-electron chi connectivity index (χ4n) is 2.31. The number of para-hydroxylation sites is 1. The minimum Gasteiger partial charge on any atom is -0.366 e. The molecule has 0 heterocycles. The highest BCUT2D eigenvalue weighted by atomic mass is 32.2. The van der Waals surface area contributed by atoms with Gasteiger partial charge in [0.2, 0.25) is 0 Å². The zero-order valence-corrected chi connectivity index (χ0v) is 13.8. The second-order valence-corrected chi connectivity index (χ2v) is 6.95. The number of amides is 1. The van der Waals surface area contributed by atoms with E-state index in [2.05, 4.69) is 0 Å². The highest BCUT2D eigenvalue weighted by molar-refractivity contribution is 7.92. The van der Waals surface area contributed by atoms with Crippen molar-refractivity contribution in [2.24, 2.45) is 5.73 Å². The third-order valence-corrected chi connectivity index (χ3v) is 5.52. The van der Waals surface area contributed by atoms with Crippen molar-refractivity contribution < 1.29 is 18.1 Å². The molecule has 2 aromatic carbocycles. The van der Waals surface area contributed by atoms with Gasteiger partial charge in [0.05, 0.1) is 21.1 Å². The van der Waals surface area contributed by atoms with Gasteiger partial charge in [0.1, 0.15) is 0 Å². The van der Waals surface area contributed by atoms with E-state index in [4.69, 9.17) is 5.73 Å². The third kappa shape index (κ3) is 2.93. The van der Waals surface area contributed by atoms with E-state index in [1.165, 1.54) is 44.3 Å². The largest absolute Gasteiger partial charge is 0.366 e. The topological polar surface area (TPSA) is 124 Å². The minimum absolute atomic E-state index is 0.0194. The maximum atomic E-state index is 12.9. The van der Waals surface area contributed by atoms with Crippen LogP contribution in [0.25, 0.3) is 0 Å². The molecular formula is C15H15N3O5S. The van der Waals surface area contributed by atoms with Gasteiger partial charge in [-0.15, -0.1) is 0 Å². The van der Waals surface area contributed by atoms with E-state index in [0.717, 1.165) is 4.31 Å². The summed E-state index contributed by atoms with van der Waals surface area (Å²) in [6.45, 7) is 1.36. The molecule has 0 saturated heterocycles. The normalized spacial score (nSPS) is 11.1. The van der Waals surface area contributed by atoms with E-state index in [-0.39, 0.29) is 27.4 Å². The van der Waals surface area contributed by atoms with Crippen molar-refractivity contribution in [1.82, 2.24) is 0 Å². The number of primary amides is 1. The minimum atomic E-state index is -4.11. The number of anilines is 1. The summed E-state index contributed by atoms with van der Waals surface area (Å²) in [5.41, 5.74) is 5.13. The second-order valence-electron chi connectivity index (χ2n) is 5.01. The first-order valence-electron chi connectivity index (χ1n) is 6.79. The summed E-state index contributed by atoms with van der Waals surface area (Å²) >= 11 is 0. The molecule has 8 nitrogen and oxygen atoms in total. The molecule has 1 amide bonds. The van der Waals surface area contributed by atoms with Crippen molar-refractivity contribution in [3.05, 3.63) is 63.7 Å². The van der Waals surface area contributed by atoms with Gasteiger partial charge < -0.3 is 5.73 Å². The Kier molecular flexibility index (Phi) is 4.56. The number of hydrogen-bond donors (Lipinski definition) is 1. The molecule has 0 bridgehead atoms. The molecule has 9 heteroatoms. The van der Waals surface area contributed by atoms with Gasteiger partial charge in [0.25, 0.3) is 21.6 Å². The van der Waals surface area contributed by atoms with Crippen LogP contribution >= 0.6 is 0 Å². The molecule has 0 fully saturated rings. The van der Waals surface area contributed by atoms with Gasteiger partial charge in [-0.1, -0.05) is 18.2 Å². The Hall–Kier alpha value is -2.94. The Morgan fingerprint density at radius 3 is 2.38 bits per heavy atom. The Labute approximate surface area is 138 Å². The van der Waals surface area contributed by atoms with Crippen LogP contribution in [0.15, 0.2) is 47.4 Å². The van der Waals surface area contributed by atoms with Crippen LogP contribution in [0.1, 0.15) is 15.9 Å². The van der Waals surface area contributed by atoms with Crippen LogP contribution < -0.4 is 10.0 Å². The number of nitrogens with two attached hydrogens (primary N) is 1. The number of nitro groups is 1. The maximum Gasteiger partial charge on any atom is 0.273 e. The van der Waals surface area contributed by atoms with E-state index >= 15 is 0 Å². The van der Waals surface area contributed by atoms with Crippen molar-refractivity contribution >= 4 is 27.3 Å². The van der Waals surface area contributed by atoms with E-state index in [9.17, 15) is 23.3 Å². The molecule has 0 radical (unpaired) electrons. The van der Waals surface area contributed by atoms with Gasteiger partial charge in [-0.05, 0) is 25.1 Å². The first kappa shape index (κ1) is 17.4. The summed E-state index contributed by atoms with van der Waals surface area (Å²) in [6, 6.07) is 9.77. The van der Waals surface area contributed by atoms with E-state index < -0.39 is 20.9 Å². The Bertz CT molecular complexity index is 924. The Morgan fingerprint density at radius 2 is 1.79 bits per heavy atom. The van der Waals surface area contributed by atoms with Crippen LogP contribution in [0.5, 0.6) is 0 Å². The van der Waals surface area contributed by atoms with E-state index in [1.54, 1.807) is 12.1 Å². The zero-order chi connectivity index (χ0) is 18.1. The lowest BCUT2D eigenvalue weighted by Crippen LogP contribution is -2.29. The standard InChI is InChI=1S/C15H15N3O5S/c1-10-12(18(20)21)8-5-9-14(10)24(22,23)17(2)13-7-4-3-6-11(13)15(16)19/h3-9H,1-2H3,(H2,16,19). The number of benzene rings is 2. The summed E-state index contributed by atoms with van der Waals surface area (Å²) < 4.78 is 26.6. The quantitative estimate of drug-likeness (QED) is 0.651. The summed E-state index contributed by atoms with van der Waals surface area (Å²) in [5, 5.41) is 11.0. The SMILES string of the molecule is Cc1c([N+](=O)[O-])cccc1S(=O)(=O)N(C)c1ccccc1C(N)=O. The lowest BCUT2D eigenvalue weighted by molar-refractivity contribution is -0.385. The van der Waals surface area contributed by atoms with Crippen molar-refractivity contribution in [3.63, 3.8) is 0 Å². The molecule has 0 saturated carbocycles. The summed E-state index contributed by atoms with van der Waals surface area (Å²) in [7, 11) is -2.85. The summed E-state index contributed by atoms with van der Waals surface area (Å²) in [5.74, 6) is -0.775. The van der Waals surface area contributed by atoms with Crippen LogP contribution in [-0.2, 0) is 10.0 Å². The average Bonchev–Trinajstić information content (AvgIpc) is 2.53. The average molecular weight is 349 g/mol. The fourth-order valence-corrected chi connectivity index (χ4v) is 3.77. The molecular weight excluding hydrogens is 334 g/mol. The van der Waals surface area contributed by atoms with Crippen molar-refractivity contribution in [2.75, 3.05) is 11.4 Å². The first-order chi connectivity index (χ1) is 11.2. The number of carbonyl (C=O) groups excluding carboxylic acids is 1. The van der Waals surface area contributed by atoms with Gasteiger partial charge in [-0.3, -0.25) is 19.2 Å². The molecule has 0 aliphatic rings. The summed E-state index contributed by atoms with van der Waals surface area (Å²) in [6.07, 6.45) is 0. The lowest BCUT2D eigenvalue weighted by atomic mass is 10.2. The molecule has 2 rings (SSSR count). The molecule has 126 valence electrons. The predicted octanol–water partition coefficient (Wildman–Crippen LogP) is 1.83. The predicted molar refractivity (Wildman–Crippen MR) is 88.4 cm³/mol. The summed E-state index contributed by atoms with van der Waals surface area (Å²) in [4.78, 5) is 21.7. The molecule has 0 spiro atoms. The number of rotatable bonds is 5. The fraction of sp³-hybridized carbons (Fsp3) is 0.133. The first-order valence-corrected chi connectivity index (χ1v) is 8.23. The molecule has 2 aromatic rings. The van der Waals surface area contributed by atoms with E-state index in [0.29, 0.717) is 0 Å². The maximum absolute atomic E-state index is 12.9. The molecule has 0 aromatic heterocycles. The van der Waals surface area contributed by atoms with Gasteiger partial charge in [0.15, 0.2) is 0 Å². The Morgan fingerprint density at radius 1 is 1.17 bits per heavy atom. The molecule has 0 aliphatic heterocycles. The van der Waals surface area contributed by atoms with Crippen molar-refractivity contribution in [2.45, 2.75) is 11.8 Å². The van der Waals surface area contributed by atoms with Crippen LogP contribution in [0.3, 0.4) is 0 Å². The lowest BCUT2D eigenvalue weighted by Gasteiger charge is -2.22. The zero-order valence-electron chi connectivity index (χ0n) is 13.0. The van der Waals surface area contributed by atoms with E-state index in [1.807, 2.05) is 0 Å². The smallest absolute Gasteiger partial charge is 0.273 e. The number of nitrogens with zero attached hydrogens (tertiary/aromatic N) is 2. The molecule has 0 atom stereocenters. The van der Waals surface area contributed by atoms with Crippen LogP contribution in [0.2, 0.25) is 0 Å². The monoisotopic (exact) mass is 349 g/mol. The highest BCUT2D eigenvalue weighted by Gasteiger charge is 2.28. The third-order valence-electron chi connectivity index (χ3n) is 3.60. The Balaban J connectivity index is 2.62. The molecule has 0 unspecified atom stereocenters. The van der Waals surface area contributed by atoms with Gasteiger partial charge in [-0.2, -0.15) is 0 Å². The van der Waals surface area contributed by atoms with Gasteiger partial charge in [-0.25, -0.2) is 8.42 Å².